The fourth-order valence-corrected chi connectivity index (χ4v) is 3.69. The Bertz CT molecular complexity index is 1120. The lowest BCUT2D eigenvalue weighted by Crippen LogP contribution is -2.33. The Morgan fingerprint density at radius 2 is 1.72 bits per heavy atom. The maximum atomic E-state index is 13.1. The molecule has 3 rings (SSSR count). The normalized spacial score (nSPS) is 16.0. The molecule has 1 aliphatic rings. The number of non-ortho nitro benzene ring substituents is 1. The predicted molar refractivity (Wildman–Crippen MR) is 118 cm³/mol. The van der Waals surface area contributed by atoms with Crippen LogP contribution in [-0.2, 0) is 19.1 Å². The second-order valence-corrected chi connectivity index (χ2v) is 7.55. The first-order valence-electron chi connectivity index (χ1n) is 10.1. The molecule has 0 saturated heterocycles. The van der Waals surface area contributed by atoms with Gasteiger partial charge >= 0.3 is 11.9 Å². The Morgan fingerprint density at radius 1 is 1.03 bits per heavy atom. The molecule has 0 saturated carbocycles. The van der Waals surface area contributed by atoms with Gasteiger partial charge in [0.15, 0.2) is 0 Å². The minimum Gasteiger partial charge on any atom is -0.466 e. The van der Waals surface area contributed by atoms with E-state index >= 15 is 0 Å². The van der Waals surface area contributed by atoms with Crippen molar-refractivity contribution >= 4 is 23.3 Å². The third-order valence-electron chi connectivity index (χ3n) is 5.01. The van der Waals surface area contributed by atoms with Crippen molar-refractivity contribution < 1.29 is 24.0 Å². The smallest absolute Gasteiger partial charge is 0.337 e. The maximum Gasteiger partial charge on any atom is 0.337 e. The van der Waals surface area contributed by atoms with Crippen molar-refractivity contribution in [2.24, 2.45) is 0 Å². The van der Waals surface area contributed by atoms with Gasteiger partial charge in [-0.1, -0.05) is 42.5 Å². The van der Waals surface area contributed by atoms with E-state index in [0.29, 0.717) is 22.5 Å². The van der Waals surface area contributed by atoms with Crippen LogP contribution in [0.25, 0.3) is 5.70 Å². The van der Waals surface area contributed by atoms with Gasteiger partial charge in [0.25, 0.3) is 5.69 Å². The number of carbonyl (C=O) groups is 2. The summed E-state index contributed by atoms with van der Waals surface area (Å²) in [7, 11) is 1.25. The van der Waals surface area contributed by atoms with Crippen LogP contribution in [0.5, 0.6) is 0 Å². The van der Waals surface area contributed by atoms with Crippen molar-refractivity contribution in [2.45, 2.75) is 32.8 Å². The third-order valence-corrected chi connectivity index (χ3v) is 5.01. The van der Waals surface area contributed by atoms with Gasteiger partial charge in [0.2, 0.25) is 0 Å². The van der Waals surface area contributed by atoms with E-state index in [-0.39, 0.29) is 16.8 Å². The highest BCUT2D eigenvalue weighted by atomic mass is 16.6. The van der Waals surface area contributed by atoms with Crippen LogP contribution in [-0.4, -0.2) is 30.1 Å². The zero-order valence-corrected chi connectivity index (χ0v) is 18.2. The van der Waals surface area contributed by atoms with Crippen molar-refractivity contribution in [3.8, 4) is 0 Å². The average molecular weight is 436 g/mol. The highest BCUT2D eigenvalue weighted by Crippen LogP contribution is 2.42. The summed E-state index contributed by atoms with van der Waals surface area (Å²) in [6, 6.07) is 15.0. The minimum absolute atomic E-state index is 0.152. The number of dihydropyridines is 1. The van der Waals surface area contributed by atoms with E-state index in [1.54, 1.807) is 26.8 Å². The van der Waals surface area contributed by atoms with Gasteiger partial charge < -0.3 is 14.8 Å². The number of rotatable bonds is 6. The molecule has 166 valence electrons. The van der Waals surface area contributed by atoms with Crippen LogP contribution in [0.15, 0.2) is 71.4 Å². The van der Waals surface area contributed by atoms with Crippen LogP contribution in [0.3, 0.4) is 0 Å². The molecule has 0 aliphatic carbocycles. The predicted octanol–water partition coefficient (Wildman–Crippen LogP) is 4.09. The first kappa shape index (κ1) is 22.7. The molecule has 1 unspecified atom stereocenters. The Hall–Kier alpha value is -3.94. The number of hydrogen-bond acceptors (Lipinski definition) is 7. The van der Waals surface area contributed by atoms with E-state index in [9.17, 15) is 19.7 Å². The van der Waals surface area contributed by atoms with Gasteiger partial charge in [0.05, 0.1) is 40.9 Å². The highest BCUT2D eigenvalue weighted by molar-refractivity contribution is 6.05. The first-order valence-corrected chi connectivity index (χ1v) is 10.1. The average Bonchev–Trinajstić information content (AvgIpc) is 2.77. The van der Waals surface area contributed by atoms with Crippen LogP contribution in [0.2, 0.25) is 0 Å². The number of ether oxygens (including phenoxy) is 2. The van der Waals surface area contributed by atoms with E-state index < -0.39 is 28.9 Å². The van der Waals surface area contributed by atoms with E-state index in [1.165, 1.54) is 25.3 Å². The third kappa shape index (κ3) is 4.54. The van der Waals surface area contributed by atoms with Crippen LogP contribution >= 0.6 is 0 Å². The zero-order chi connectivity index (χ0) is 23.4. The van der Waals surface area contributed by atoms with E-state index in [0.717, 1.165) is 0 Å². The molecule has 8 nitrogen and oxygen atoms in total. The molecule has 1 N–H and O–H groups in total. The summed E-state index contributed by atoms with van der Waals surface area (Å²) in [6.45, 7) is 5.15. The molecule has 0 spiro atoms. The molecule has 1 aliphatic heterocycles. The van der Waals surface area contributed by atoms with Crippen LogP contribution in [0.4, 0.5) is 5.69 Å². The lowest BCUT2D eigenvalue weighted by Gasteiger charge is -2.31. The van der Waals surface area contributed by atoms with Gasteiger partial charge in [-0.05, 0) is 31.9 Å². The number of nitro benzene ring substituents is 1. The van der Waals surface area contributed by atoms with Gasteiger partial charge in [-0.3, -0.25) is 10.1 Å². The molecule has 0 fully saturated rings. The number of allylic oxidation sites excluding steroid dienone is 1. The van der Waals surface area contributed by atoms with Crippen LogP contribution < -0.4 is 5.32 Å². The Morgan fingerprint density at radius 3 is 2.31 bits per heavy atom. The lowest BCUT2D eigenvalue weighted by atomic mass is 9.79. The van der Waals surface area contributed by atoms with E-state index in [4.69, 9.17) is 9.47 Å². The standard InChI is InChI=1S/C24H24N2O6/c1-14(2)32-24(28)19-15(3)25-22(16-9-6-5-7-10-16)21(23(27)31-4)20(19)17-11-8-12-18(13-17)26(29)30/h5-14,20,25H,1-4H3. The first-order chi connectivity index (χ1) is 15.2. The number of nitro groups is 1. The Kier molecular flexibility index (Phi) is 6.73. The number of benzene rings is 2. The fraction of sp³-hybridized carbons (Fsp3) is 0.250. The molecular weight excluding hydrogens is 412 g/mol. The van der Waals surface area contributed by atoms with Gasteiger partial charge in [-0.25, -0.2) is 9.59 Å². The molecule has 2 aromatic rings. The van der Waals surface area contributed by atoms with Crippen molar-refractivity contribution in [1.82, 2.24) is 5.32 Å². The molecule has 1 heterocycles. The number of nitrogens with one attached hydrogen (secondary N) is 1. The number of nitrogens with zero attached hydrogens (tertiary/aromatic N) is 1. The Balaban J connectivity index is 2.31. The Labute approximate surface area is 185 Å². The van der Waals surface area contributed by atoms with Gasteiger partial charge in [-0.2, -0.15) is 0 Å². The van der Waals surface area contributed by atoms with Gasteiger partial charge in [-0.15, -0.1) is 0 Å². The van der Waals surface area contributed by atoms with Crippen LogP contribution in [0, 0.1) is 10.1 Å². The second kappa shape index (κ2) is 9.47. The molecule has 1 atom stereocenters. The van der Waals surface area contributed by atoms with E-state index in [1.807, 2.05) is 30.3 Å². The van der Waals surface area contributed by atoms with Crippen molar-refractivity contribution in [3.05, 3.63) is 92.7 Å². The summed E-state index contributed by atoms with van der Waals surface area (Å²) in [4.78, 5) is 37.0. The molecule has 0 amide bonds. The van der Waals surface area contributed by atoms with Gasteiger partial charge in [0.1, 0.15) is 0 Å². The summed E-state index contributed by atoms with van der Waals surface area (Å²) in [5.41, 5.74) is 2.27. The molecule has 0 radical (unpaired) electrons. The fourth-order valence-electron chi connectivity index (χ4n) is 3.69. The van der Waals surface area contributed by atoms with E-state index in [2.05, 4.69) is 5.32 Å². The largest absolute Gasteiger partial charge is 0.466 e. The molecule has 2 aromatic carbocycles. The summed E-state index contributed by atoms with van der Waals surface area (Å²) in [6.07, 6.45) is -0.394. The zero-order valence-electron chi connectivity index (χ0n) is 18.2. The summed E-state index contributed by atoms with van der Waals surface area (Å²) < 4.78 is 10.5. The van der Waals surface area contributed by atoms with Crippen LogP contribution in [0.1, 0.15) is 37.8 Å². The summed E-state index contributed by atoms with van der Waals surface area (Å²) in [5.74, 6) is -2.20. The molecule has 32 heavy (non-hydrogen) atoms. The lowest BCUT2D eigenvalue weighted by molar-refractivity contribution is -0.384. The van der Waals surface area contributed by atoms with Crippen molar-refractivity contribution in [2.75, 3.05) is 7.11 Å². The van der Waals surface area contributed by atoms with Gasteiger partial charge in [0, 0.05) is 17.8 Å². The molecule has 0 bridgehead atoms. The second-order valence-electron chi connectivity index (χ2n) is 7.55. The number of carbonyl (C=O) groups excluding carboxylic acids is 2. The minimum atomic E-state index is -0.926. The topological polar surface area (TPSA) is 108 Å². The maximum absolute atomic E-state index is 13.1. The quantitative estimate of drug-likeness (QED) is 0.413. The highest BCUT2D eigenvalue weighted by Gasteiger charge is 2.39. The molecule has 0 aromatic heterocycles. The SMILES string of the molecule is COC(=O)C1=C(c2ccccc2)NC(C)=C(C(=O)OC(C)C)C1c1cccc([N+](=O)[O-])c1. The van der Waals surface area contributed by atoms with Crippen molar-refractivity contribution in [3.63, 3.8) is 0 Å². The van der Waals surface area contributed by atoms with Crippen molar-refractivity contribution in [1.29, 1.82) is 0 Å². The number of hydrogen-bond donors (Lipinski definition) is 1. The monoisotopic (exact) mass is 436 g/mol. The molecule has 8 heteroatoms. The molecular formula is C24H24N2O6. The summed E-state index contributed by atoms with van der Waals surface area (Å²) >= 11 is 0. The number of esters is 2. The number of methoxy groups -OCH3 is 1. The summed E-state index contributed by atoms with van der Waals surface area (Å²) in [5, 5.41) is 14.6.